The molecular weight excluding hydrogens is 368 g/mol. The first-order valence-electron chi connectivity index (χ1n) is 9.83. The van der Waals surface area contributed by atoms with Crippen LogP contribution in [0.5, 0.6) is 0 Å². The van der Waals surface area contributed by atoms with E-state index in [1.165, 1.54) is 11.8 Å². The Kier molecular flexibility index (Phi) is 4.54. The second kappa shape index (κ2) is 6.81. The van der Waals surface area contributed by atoms with E-state index >= 15 is 0 Å². The smallest absolute Gasteiger partial charge is 0.324 e. The first-order chi connectivity index (χ1) is 13.8. The number of hydrogen-bond acceptors (Lipinski definition) is 4. The summed E-state index contributed by atoms with van der Waals surface area (Å²) in [6.45, 7) is 5.45. The molecule has 2 aromatic carbocycles. The molecular formula is C23H24N2O4. The summed E-state index contributed by atoms with van der Waals surface area (Å²) in [5.41, 5.74) is 1.86. The lowest BCUT2D eigenvalue weighted by Gasteiger charge is -2.27. The van der Waals surface area contributed by atoms with Gasteiger partial charge < -0.3 is 5.11 Å². The summed E-state index contributed by atoms with van der Waals surface area (Å²) in [6, 6.07) is 14.3. The van der Waals surface area contributed by atoms with Crippen LogP contribution in [0.15, 0.2) is 48.5 Å². The Bertz CT molecular complexity index is 1000. The highest BCUT2D eigenvalue weighted by Crippen LogP contribution is 2.50. The predicted molar refractivity (Wildman–Crippen MR) is 108 cm³/mol. The van der Waals surface area contributed by atoms with Crippen LogP contribution in [0.4, 0.5) is 5.69 Å². The van der Waals surface area contributed by atoms with Crippen molar-refractivity contribution in [2.75, 3.05) is 4.90 Å². The van der Waals surface area contributed by atoms with Gasteiger partial charge in [-0.05, 0) is 49.1 Å². The Morgan fingerprint density at radius 1 is 1.10 bits per heavy atom. The molecule has 29 heavy (non-hydrogen) atoms. The van der Waals surface area contributed by atoms with Crippen molar-refractivity contribution in [1.82, 2.24) is 5.32 Å². The fraction of sp³-hybridized carbons (Fsp3) is 0.348. The van der Waals surface area contributed by atoms with E-state index in [4.69, 9.17) is 0 Å². The Balaban J connectivity index is 1.81. The van der Waals surface area contributed by atoms with Gasteiger partial charge in [0.2, 0.25) is 11.8 Å². The average molecular weight is 392 g/mol. The van der Waals surface area contributed by atoms with Gasteiger partial charge in [-0.1, -0.05) is 43.3 Å². The zero-order chi connectivity index (χ0) is 20.9. The standard InChI is InChI=1S/C23H24N2O4/c1-4-14-9-11-15(12-10-14)25-20(26)17-18(21(25)27)23(3,22(28)29)24-19(17)16-8-6-5-7-13(16)2/h5-12,17-19,24H,4H2,1-3H3,(H,28,29). The maximum atomic E-state index is 13.4. The third kappa shape index (κ3) is 2.78. The van der Waals surface area contributed by atoms with Crippen molar-refractivity contribution in [3.05, 3.63) is 65.2 Å². The molecule has 2 amide bonds. The van der Waals surface area contributed by atoms with Crippen molar-refractivity contribution in [2.45, 2.75) is 38.8 Å². The van der Waals surface area contributed by atoms with Crippen LogP contribution in [0, 0.1) is 18.8 Å². The van der Waals surface area contributed by atoms with Gasteiger partial charge in [-0.15, -0.1) is 0 Å². The molecule has 2 aliphatic heterocycles. The van der Waals surface area contributed by atoms with Crippen LogP contribution < -0.4 is 10.2 Å². The van der Waals surface area contributed by atoms with Gasteiger partial charge in [0.15, 0.2) is 0 Å². The van der Waals surface area contributed by atoms with E-state index in [9.17, 15) is 19.5 Å². The minimum Gasteiger partial charge on any atom is -0.480 e. The molecule has 2 fully saturated rings. The Labute approximate surface area is 169 Å². The third-order valence-corrected chi connectivity index (χ3v) is 6.36. The molecule has 4 rings (SSSR count). The van der Waals surface area contributed by atoms with E-state index in [0.717, 1.165) is 23.1 Å². The van der Waals surface area contributed by atoms with Crippen molar-refractivity contribution in [3.63, 3.8) is 0 Å². The number of carboxylic acids is 1. The van der Waals surface area contributed by atoms with Gasteiger partial charge in [0, 0.05) is 6.04 Å². The molecule has 0 aromatic heterocycles. The van der Waals surface area contributed by atoms with E-state index in [1.807, 2.05) is 50.2 Å². The Hall–Kier alpha value is -2.99. The zero-order valence-corrected chi connectivity index (χ0v) is 16.7. The first-order valence-corrected chi connectivity index (χ1v) is 9.83. The zero-order valence-electron chi connectivity index (χ0n) is 16.7. The highest BCUT2D eigenvalue weighted by molar-refractivity contribution is 6.24. The van der Waals surface area contributed by atoms with Crippen LogP contribution in [0.25, 0.3) is 0 Å². The molecule has 2 aliphatic rings. The summed E-state index contributed by atoms with van der Waals surface area (Å²) in [5, 5.41) is 13.0. The minimum absolute atomic E-state index is 0.352. The van der Waals surface area contributed by atoms with Crippen LogP contribution >= 0.6 is 0 Å². The van der Waals surface area contributed by atoms with Gasteiger partial charge >= 0.3 is 5.97 Å². The second-order valence-electron chi connectivity index (χ2n) is 8.02. The van der Waals surface area contributed by atoms with Crippen LogP contribution in [0.2, 0.25) is 0 Å². The SMILES string of the molecule is CCc1ccc(N2C(=O)C3C(c4ccccc4C)NC(C)(C(=O)O)C3C2=O)cc1. The highest BCUT2D eigenvalue weighted by Gasteiger charge is 2.67. The minimum atomic E-state index is -1.53. The van der Waals surface area contributed by atoms with Gasteiger partial charge in [0.05, 0.1) is 17.5 Å². The number of benzene rings is 2. The molecule has 4 unspecified atom stereocenters. The summed E-state index contributed by atoms with van der Waals surface area (Å²) in [7, 11) is 0. The molecule has 0 saturated carbocycles. The number of carbonyl (C=O) groups is 3. The number of hydrogen-bond donors (Lipinski definition) is 2. The molecule has 2 heterocycles. The fourth-order valence-corrected chi connectivity index (χ4v) is 4.67. The third-order valence-electron chi connectivity index (χ3n) is 6.36. The lowest BCUT2D eigenvalue weighted by atomic mass is 9.80. The van der Waals surface area contributed by atoms with Crippen LogP contribution in [0.1, 0.15) is 36.6 Å². The van der Waals surface area contributed by atoms with Crippen LogP contribution in [-0.2, 0) is 20.8 Å². The van der Waals surface area contributed by atoms with E-state index in [0.29, 0.717) is 5.69 Å². The quantitative estimate of drug-likeness (QED) is 0.782. The summed E-state index contributed by atoms with van der Waals surface area (Å²) < 4.78 is 0. The molecule has 2 aromatic rings. The van der Waals surface area contributed by atoms with Crippen LogP contribution in [0.3, 0.4) is 0 Å². The number of anilines is 1. The molecule has 6 nitrogen and oxygen atoms in total. The Morgan fingerprint density at radius 3 is 2.34 bits per heavy atom. The average Bonchev–Trinajstić information content (AvgIpc) is 3.16. The number of nitrogens with zero attached hydrogens (tertiary/aromatic N) is 1. The number of nitrogens with one attached hydrogen (secondary N) is 1. The summed E-state index contributed by atoms with van der Waals surface area (Å²) in [5.74, 6) is -3.68. The van der Waals surface area contributed by atoms with Crippen molar-refractivity contribution >= 4 is 23.5 Å². The van der Waals surface area contributed by atoms with Gasteiger partial charge in [-0.25, -0.2) is 4.90 Å². The summed E-state index contributed by atoms with van der Waals surface area (Å²) in [6.07, 6.45) is 0.851. The largest absolute Gasteiger partial charge is 0.480 e. The summed E-state index contributed by atoms with van der Waals surface area (Å²) in [4.78, 5) is 40.1. The molecule has 4 atom stereocenters. The number of rotatable bonds is 4. The van der Waals surface area contributed by atoms with E-state index in [-0.39, 0.29) is 5.91 Å². The number of aliphatic carboxylic acids is 1. The number of carbonyl (C=O) groups excluding carboxylic acids is 2. The molecule has 0 radical (unpaired) electrons. The normalized spacial score (nSPS) is 28.7. The van der Waals surface area contributed by atoms with Crippen molar-refractivity contribution in [1.29, 1.82) is 0 Å². The number of imide groups is 1. The first kappa shape index (κ1) is 19.3. The van der Waals surface area contributed by atoms with Gasteiger partial charge in [-0.2, -0.15) is 0 Å². The monoisotopic (exact) mass is 392 g/mol. The van der Waals surface area contributed by atoms with E-state index < -0.39 is 35.3 Å². The van der Waals surface area contributed by atoms with Crippen LogP contribution in [-0.4, -0.2) is 28.4 Å². The second-order valence-corrected chi connectivity index (χ2v) is 8.02. The van der Waals surface area contributed by atoms with Crippen molar-refractivity contribution in [3.8, 4) is 0 Å². The molecule has 0 aliphatic carbocycles. The predicted octanol–water partition coefficient (Wildman–Crippen LogP) is 2.85. The number of fused-ring (bicyclic) bond motifs is 1. The summed E-state index contributed by atoms with van der Waals surface area (Å²) >= 11 is 0. The van der Waals surface area contributed by atoms with Gasteiger partial charge in [0.25, 0.3) is 0 Å². The van der Waals surface area contributed by atoms with Gasteiger partial charge in [-0.3, -0.25) is 19.7 Å². The number of aryl methyl sites for hydroxylation is 2. The molecule has 150 valence electrons. The molecule has 6 heteroatoms. The molecule has 2 saturated heterocycles. The molecule has 0 bridgehead atoms. The fourth-order valence-electron chi connectivity index (χ4n) is 4.67. The maximum Gasteiger partial charge on any atom is 0.324 e. The number of amides is 2. The highest BCUT2D eigenvalue weighted by atomic mass is 16.4. The molecule has 2 N–H and O–H groups in total. The van der Waals surface area contributed by atoms with Crippen molar-refractivity contribution < 1.29 is 19.5 Å². The van der Waals surface area contributed by atoms with E-state index in [1.54, 1.807) is 12.1 Å². The lowest BCUT2D eigenvalue weighted by molar-refractivity contribution is -0.147. The van der Waals surface area contributed by atoms with E-state index in [2.05, 4.69) is 5.32 Å². The topological polar surface area (TPSA) is 86.7 Å². The lowest BCUT2D eigenvalue weighted by Crippen LogP contribution is -2.53. The van der Waals surface area contributed by atoms with Gasteiger partial charge in [0.1, 0.15) is 5.54 Å². The van der Waals surface area contributed by atoms with Crippen molar-refractivity contribution in [2.24, 2.45) is 11.8 Å². The maximum absolute atomic E-state index is 13.4. The Morgan fingerprint density at radius 2 is 1.76 bits per heavy atom. The number of carboxylic acid groups (broad SMARTS) is 1. The molecule has 0 spiro atoms.